The van der Waals surface area contributed by atoms with Gasteiger partial charge < -0.3 is 4.42 Å². The Kier molecular flexibility index (Phi) is 1.42. The van der Waals surface area contributed by atoms with Crippen LogP contribution >= 0.6 is 0 Å². The smallest absolute Gasteiger partial charge is 0.135 e. The van der Waals surface area contributed by atoms with Gasteiger partial charge in [-0.1, -0.05) is 30.3 Å². The number of hydrogen-bond donors (Lipinski definition) is 0. The molecule has 0 atom stereocenters. The maximum absolute atomic E-state index is 5.69. The Morgan fingerprint density at radius 3 is 2.57 bits per heavy atom. The summed E-state index contributed by atoms with van der Waals surface area (Å²) in [5.41, 5.74) is 2.87. The SMILES string of the molecule is [CH2]c1cccc2oc3ccccc3c12. The van der Waals surface area contributed by atoms with Crippen LogP contribution in [-0.2, 0) is 0 Å². The highest BCUT2D eigenvalue weighted by molar-refractivity contribution is 6.06. The molecule has 0 aliphatic heterocycles. The van der Waals surface area contributed by atoms with E-state index in [4.69, 9.17) is 4.42 Å². The van der Waals surface area contributed by atoms with E-state index in [1.807, 2.05) is 36.4 Å². The molecular weight excluding hydrogens is 172 g/mol. The monoisotopic (exact) mass is 181 g/mol. The molecule has 1 radical (unpaired) electrons. The number of furan rings is 1. The summed E-state index contributed by atoms with van der Waals surface area (Å²) in [4.78, 5) is 0. The van der Waals surface area contributed by atoms with Gasteiger partial charge in [-0.15, -0.1) is 0 Å². The van der Waals surface area contributed by atoms with Gasteiger partial charge in [0.1, 0.15) is 11.2 Å². The minimum absolute atomic E-state index is 0.915. The van der Waals surface area contributed by atoms with E-state index in [-0.39, 0.29) is 0 Å². The molecule has 1 aromatic heterocycles. The predicted octanol–water partition coefficient (Wildman–Crippen LogP) is 3.77. The van der Waals surface area contributed by atoms with Crippen molar-refractivity contribution in [1.82, 2.24) is 0 Å². The van der Waals surface area contributed by atoms with Gasteiger partial charge >= 0.3 is 0 Å². The van der Waals surface area contributed by atoms with Gasteiger partial charge in [-0.2, -0.15) is 0 Å². The molecule has 0 unspecified atom stereocenters. The zero-order chi connectivity index (χ0) is 9.54. The van der Waals surface area contributed by atoms with Gasteiger partial charge in [0.15, 0.2) is 0 Å². The van der Waals surface area contributed by atoms with Crippen LogP contribution in [0.2, 0.25) is 0 Å². The average Bonchev–Trinajstić information content (AvgIpc) is 2.57. The lowest BCUT2D eigenvalue weighted by Gasteiger charge is -1.92. The van der Waals surface area contributed by atoms with Crippen molar-refractivity contribution in [2.24, 2.45) is 0 Å². The van der Waals surface area contributed by atoms with Crippen molar-refractivity contribution in [3.8, 4) is 0 Å². The lowest BCUT2D eigenvalue weighted by molar-refractivity contribution is 0.669. The molecular formula is C13H9O. The van der Waals surface area contributed by atoms with Crippen LogP contribution in [0.3, 0.4) is 0 Å². The predicted molar refractivity (Wildman–Crippen MR) is 58.2 cm³/mol. The third kappa shape index (κ3) is 0.896. The summed E-state index contributed by atoms with van der Waals surface area (Å²) in [6.07, 6.45) is 0. The number of rotatable bonds is 0. The fraction of sp³-hybridized carbons (Fsp3) is 0. The second-order valence-electron chi connectivity index (χ2n) is 3.39. The minimum Gasteiger partial charge on any atom is -0.456 e. The number of para-hydroxylation sites is 1. The van der Waals surface area contributed by atoms with E-state index in [1.165, 1.54) is 0 Å². The van der Waals surface area contributed by atoms with E-state index in [0.717, 1.165) is 27.5 Å². The first-order valence-corrected chi connectivity index (χ1v) is 4.58. The molecule has 0 N–H and O–H groups in total. The molecule has 0 aliphatic rings. The summed E-state index contributed by atoms with van der Waals surface area (Å²) in [7, 11) is 0. The summed E-state index contributed by atoms with van der Waals surface area (Å²) in [5.74, 6) is 0. The van der Waals surface area contributed by atoms with Gasteiger partial charge in [0.25, 0.3) is 0 Å². The molecule has 1 heterocycles. The van der Waals surface area contributed by atoms with E-state index < -0.39 is 0 Å². The largest absolute Gasteiger partial charge is 0.456 e. The fourth-order valence-corrected chi connectivity index (χ4v) is 1.85. The van der Waals surface area contributed by atoms with Crippen LogP contribution in [0.5, 0.6) is 0 Å². The van der Waals surface area contributed by atoms with Crippen molar-refractivity contribution in [2.75, 3.05) is 0 Å². The summed E-state index contributed by atoms with van der Waals surface area (Å²) in [5, 5.41) is 2.27. The highest BCUT2D eigenvalue weighted by atomic mass is 16.3. The molecule has 0 amide bonds. The molecule has 2 aromatic carbocycles. The zero-order valence-corrected chi connectivity index (χ0v) is 7.66. The molecule has 67 valence electrons. The van der Waals surface area contributed by atoms with E-state index in [1.54, 1.807) is 0 Å². The molecule has 0 saturated carbocycles. The second-order valence-corrected chi connectivity index (χ2v) is 3.39. The van der Waals surface area contributed by atoms with Crippen LogP contribution in [0.15, 0.2) is 46.9 Å². The van der Waals surface area contributed by atoms with Gasteiger partial charge in [-0.05, 0) is 24.6 Å². The van der Waals surface area contributed by atoms with Crippen molar-refractivity contribution in [3.05, 3.63) is 55.0 Å². The van der Waals surface area contributed by atoms with Crippen LogP contribution in [0.4, 0.5) is 0 Å². The van der Waals surface area contributed by atoms with Crippen LogP contribution in [0, 0.1) is 6.92 Å². The van der Waals surface area contributed by atoms with Gasteiger partial charge in [-0.25, -0.2) is 0 Å². The molecule has 0 saturated heterocycles. The van der Waals surface area contributed by atoms with Gasteiger partial charge in [0.2, 0.25) is 0 Å². The van der Waals surface area contributed by atoms with Crippen LogP contribution in [0.1, 0.15) is 5.56 Å². The van der Waals surface area contributed by atoms with Crippen molar-refractivity contribution in [1.29, 1.82) is 0 Å². The van der Waals surface area contributed by atoms with E-state index in [9.17, 15) is 0 Å². The third-order valence-corrected chi connectivity index (χ3v) is 2.49. The normalized spacial score (nSPS) is 11.2. The van der Waals surface area contributed by atoms with Crippen molar-refractivity contribution < 1.29 is 4.42 Å². The van der Waals surface area contributed by atoms with Crippen LogP contribution < -0.4 is 0 Å². The molecule has 3 aromatic rings. The highest BCUT2D eigenvalue weighted by Gasteiger charge is 2.06. The van der Waals surface area contributed by atoms with Gasteiger partial charge in [0, 0.05) is 10.8 Å². The molecule has 0 spiro atoms. The molecule has 14 heavy (non-hydrogen) atoms. The Hall–Kier alpha value is -1.76. The second kappa shape index (κ2) is 2.61. The maximum atomic E-state index is 5.69. The zero-order valence-electron chi connectivity index (χ0n) is 7.66. The van der Waals surface area contributed by atoms with E-state index in [2.05, 4.69) is 13.0 Å². The number of hydrogen-bond acceptors (Lipinski definition) is 1. The molecule has 0 fully saturated rings. The average molecular weight is 181 g/mol. The van der Waals surface area contributed by atoms with Crippen molar-refractivity contribution in [3.63, 3.8) is 0 Å². The quantitative estimate of drug-likeness (QED) is 0.514. The Balaban J connectivity index is 2.65. The first-order chi connectivity index (χ1) is 6.86. The molecule has 1 heteroatoms. The minimum atomic E-state index is 0.915. The third-order valence-electron chi connectivity index (χ3n) is 2.49. The van der Waals surface area contributed by atoms with Gasteiger partial charge in [0.05, 0.1) is 0 Å². The summed E-state index contributed by atoms with van der Waals surface area (Å²) >= 11 is 0. The van der Waals surface area contributed by atoms with Crippen molar-refractivity contribution >= 4 is 21.9 Å². The van der Waals surface area contributed by atoms with E-state index in [0.29, 0.717) is 0 Å². The lowest BCUT2D eigenvalue weighted by atomic mass is 10.1. The van der Waals surface area contributed by atoms with Crippen LogP contribution in [-0.4, -0.2) is 0 Å². The lowest BCUT2D eigenvalue weighted by Crippen LogP contribution is -1.72. The molecule has 1 nitrogen and oxygen atoms in total. The standard InChI is InChI=1S/C13H9O/c1-9-5-4-8-12-13(9)10-6-2-3-7-11(10)14-12/h2-8H,1H2. The number of benzene rings is 2. The fourth-order valence-electron chi connectivity index (χ4n) is 1.85. The summed E-state index contributed by atoms with van der Waals surface area (Å²) in [6.45, 7) is 4.01. The summed E-state index contributed by atoms with van der Waals surface area (Å²) < 4.78 is 5.69. The topological polar surface area (TPSA) is 13.1 Å². The maximum Gasteiger partial charge on any atom is 0.135 e. The number of fused-ring (bicyclic) bond motifs is 3. The Labute approximate surface area is 82.0 Å². The highest BCUT2D eigenvalue weighted by Crippen LogP contribution is 2.30. The molecule has 0 aliphatic carbocycles. The van der Waals surface area contributed by atoms with Crippen molar-refractivity contribution in [2.45, 2.75) is 0 Å². The van der Waals surface area contributed by atoms with Gasteiger partial charge in [-0.3, -0.25) is 0 Å². The molecule has 3 rings (SSSR count). The summed E-state index contributed by atoms with van der Waals surface area (Å²) in [6, 6.07) is 14.0. The Morgan fingerprint density at radius 1 is 0.857 bits per heavy atom. The molecule has 0 bridgehead atoms. The van der Waals surface area contributed by atoms with Crippen LogP contribution in [0.25, 0.3) is 21.9 Å². The van der Waals surface area contributed by atoms with E-state index >= 15 is 0 Å². The Bertz CT molecular complexity index is 605. The Morgan fingerprint density at radius 2 is 1.64 bits per heavy atom. The first-order valence-electron chi connectivity index (χ1n) is 4.58. The first kappa shape index (κ1) is 7.63.